The minimum atomic E-state index is -4.71. The van der Waals surface area contributed by atoms with Crippen LogP contribution in [0, 0.1) is 0 Å². The fourth-order valence-electron chi connectivity index (χ4n) is 2.35. The number of benzene rings is 1. The lowest BCUT2D eigenvalue weighted by Gasteiger charge is -2.18. The first-order valence-corrected chi connectivity index (χ1v) is 8.29. The molecule has 7 nitrogen and oxygen atoms in total. The van der Waals surface area contributed by atoms with Crippen LogP contribution in [0.2, 0.25) is 0 Å². The van der Waals surface area contributed by atoms with Crippen LogP contribution in [0.5, 0.6) is 0 Å². The van der Waals surface area contributed by atoms with Gasteiger partial charge in [0.05, 0.1) is 11.7 Å². The molecule has 0 saturated heterocycles. The normalized spacial score (nSPS) is 13.6. The van der Waals surface area contributed by atoms with Crippen molar-refractivity contribution in [3.63, 3.8) is 0 Å². The van der Waals surface area contributed by atoms with Crippen molar-refractivity contribution < 1.29 is 32.9 Å². The molecule has 152 valence electrons. The van der Waals surface area contributed by atoms with Crippen LogP contribution in [0.1, 0.15) is 29.2 Å². The smallest absolute Gasteiger partial charge is 0.417 e. The van der Waals surface area contributed by atoms with Gasteiger partial charge in [0.25, 0.3) is 5.56 Å². The van der Waals surface area contributed by atoms with E-state index in [2.05, 4.69) is 5.32 Å². The Labute approximate surface area is 157 Å². The molecule has 2 unspecified atom stereocenters. The number of ether oxygens (including phenoxy) is 1. The lowest BCUT2D eigenvalue weighted by Crippen LogP contribution is -2.31. The number of pyridine rings is 1. The summed E-state index contributed by atoms with van der Waals surface area (Å²) in [6, 6.07) is 9.38. The summed E-state index contributed by atoms with van der Waals surface area (Å²) >= 11 is 0. The molecule has 0 aliphatic rings. The second-order valence-electron chi connectivity index (χ2n) is 5.96. The average Bonchev–Trinajstić information content (AvgIpc) is 2.66. The van der Waals surface area contributed by atoms with Gasteiger partial charge in [-0.15, -0.1) is 0 Å². The standard InChI is InChI=1S/C18H19F3N2O5/c19-18(20,21)12-8-13(16(26)23-9-12)15(25)14(24)6-7-22-17(27)28-10-11-4-2-1-3-5-11/h1-5,8-9,14-15,24-25H,6-7,10H2,(H,22,27)(H,23,26). The van der Waals surface area contributed by atoms with Crippen LogP contribution in [0.15, 0.2) is 47.4 Å². The van der Waals surface area contributed by atoms with Crippen molar-refractivity contribution in [2.75, 3.05) is 6.54 Å². The van der Waals surface area contributed by atoms with E-state index in [1.165, 1.54) is 0 Å². The van der Waals surface area contributed by atoms with Crippen molar-refractivity contribution in [3.05, 3.63) is 69.6 Å². The van der Waals surface area contributed by atoms with E-state index in [1.807, 2.05) is 11.1 Å². The number of aromatic amines is 1. The maximum atomic E-state index is 12.7. The van der Waals surface area contributed by atoms with Crippen LogP contribution < -0.4 is 10.9 Å². The lowest BCUT2D eigenvalue weighted by atomic mass is 10.0. The molecule has 10 heteroatoms. The van der Waals surface area contributed by atoms with Gasteiger partial charge < -0.3 is 25.3 Å². The fourth-order valence-corrected chi connectivity index (χ4v) is 2.35. The first kappa shape index (κ1) is 21.5. The average molecular weight is 400 g/mol. The Kier molecular flexibility index (Phi) is 7.18. The third kappa shape index (κ3) is 6.10. The first-order valence-electron chi connectivity index (χ1n) is 8.29. The predicted octanol–water partition coefficient (Wildman–Crippen LogP) is 2.10. The van der Waals surface area contributed by atoms with Crippen molar-refractivity contribution >= 4 is 6.09 Å². The predicted molar refractivity (Wildman–Crippen MR) is 92.3 cm³/mol. The molecule has 2 aromatic rings. The number of aromatic nitrogens is 1. The minimum absolute atomic E-state index is 0.0391. The molecule has 1 amide bonds. The van der Waals surface area contributed by atoms with Gasteiger partial charge in [0, 0.05) is 18.3 Å². The largest absolute Gasteiger partial charge is 0.445 e. The molecule has 0 aliphatic carbocycles. The molecule has 1 aromatic carbocycles. The van der Waals surface area contributed by atoms with E-state index in [-0.39, 0.29) is 19.6 Å². The Morgan fingerprint density at radius 2 is 1.89 bits per heavy atom. The van der Waals surface area contributed by atoms with Gasteiger partial charge in [0.15, 0.2) is 0 Å². The van der Waals surface area contributed by atoms with Crippen molar-refractivity contribution in [1.29, 1.82) is 0 Å². The zero-order chi connectivity index (χ0) is 20.7. The summed E-state index contributed by atoms with van der Waals surface area (Å²) in [6.45, 7) is -0.0832. The molecule has 0 saturated carbocycles. The zero-order valence-corrected chi connectivity index (χ0v) is 14.6. The number of carbonyl (C=O) groups excluding carboxylic acids is 1. The van der Waals surface area contributed by atoms with E-state index < -0.39 is 41.2 Å². The van der Waals surface area contributed by atoms with E-state index in [4.69, 9.17) is 4.74 Å². The molecule has 28 heavy (non-hydrogen) atoms. The van der Waals surface area contributed by atoms with E-state index in [0.717, 1.165) is 5.56 Å². The van der Waals surface area contributed by atoms with E-state index in [0.29, 0.717) is 12.3 Å². The molecular formula is C18H19F3N2O5. The van der Waals surface area contributed by atoms with Gasteiger partial charge in [-0.05, 0) is 18.1 Å². The molecule has 0 fully saturated rings. The highest BCUT2D eigenvalue weighted by Gasteiger charge is 2.33. The van der Waals surface area contributed by atoms with Gasteiger partial charge >= 0.3 is 12.3 Å². The van der Waals surface area contributed by atoms with E-state index in [9.17, 15) is 33.0 Å². The number of halogens is 3. The molecule has 2 rings (SSSR count). The van der Waals surface area contributed by atoms with Crippen molar-refractivity contribution in [2.24, 2.45) is 0 Å². The molecule has 0 spiro atoms. The Balaban J connectivity index is 1.85. The summed E-state index contributed by atoms with van der Waals surface area (Å²) in [6.07, 6.45) is -8.63. The number of rotatable bonds is 7. The molecule has 2 atom stereocenters. The summed E-state index contributed by atoms with van der Waals surface area (Å²) in [5.74, 6) is 0. The van der Waals surface area contributed by atoms with Crippen LogP contribution in [0.25, 0.3) is 0 Å². The number of amides is 1. The van der Waals surface area contributed by atoms with Crippen LogP contribution >= 0.6 is 0 Å². The first-order chi connectivity index (χ1) is 13.2. The molecule has 0 bridgehead atoms. The number of H-pyrrole nitrogens is 1. The highest BCUT2D eigenvalue weighted by Crippen LogP contribution is 2.29. The SMILES string of the molecule is O=C(NCCC(O)C(O)c1cc(C(F)(F)F)c[nH]c1=O)OCc1ccccc1. The highest BCUT2D eigenvalue weighted by atomic mass is 19.4. The topological polar surface area (TPSA) is 112 Å². The van der Waals surface area contributed by atoms with E-state index in [1.54, 1.807) is 24.3 Å². The molecule has 1 aromatic heterocycles. The molecule has 0 aliphatic heterocycles. The van der Waals surface area contributed by atoms with Crippen molar-refractivity contribution in [2.45, 2.75) is 31.4 Å². The highest BCUT2D eigenvalue weighted by molar-refractivity contribution is 5.67. The van der Waals surface area contributed by atoms with Crippen LogP contribution in [0.3, 0.4) is 0 Å². The lowest BCUT2D eigenvalue weighted by molar-refractivity contribution is -0.138. The summed E-state index contributed by atoms with van der Waals surface area (Å²) in [4.78, 5) is 25.1. The number of alkyl halides is 3. The third-order valence-electron chi connectivity index (χ3n) is 3.86. The van der Waals surface area contributed by atoms with Crippen LogP contribution in [0.4, 0.5) is 18.0 Å². The maximum absolute atomic E-state index is 12.7. The second kappa shape index (κ2) is 9.38. The van der Waals surface area contributed by atoms with Crippen molar-refractivity contribution in [3.8, 4) is 0 Å². The Hall–Kier alpha value is -2.85. The van der Waals surface area contributed by atoms with Crippen LogP contribution in [-0.2, 0) is 17.5 Å². The molecule has 1 heterocycles. The summed E-state index contributed by atoms with van der Waals surface area (Å²) in [7, 11) is 0. The van der Waals surface area contributed by atoms with Crippen molar-refractivity contribution in [1.82, 2.24) is 10.3 Å². The number of carbonyl (C=O) groups is 1. The number of alkyl carbamates (subject to hydrolysis) is 1. The summed E-state index contributed by atoms with van der Waals surface area (Å²) < 4.78 is 43.1. The Bertz CT molecular complexity index is 839. The molecule has 4 N–H and O–H groups in total. The Morgan fingerprint density at radius 1 is 1.21 bits per heavy atom. The number of nitrogens with one attached hydrogen (secondary N) is 2. The van der Waals surface area contributed by atoms with Gasteiger partial charge in [-0.1, -0.05) is 30.3 Å². The number of aliphatic hydroxyl groups is 2. The van der Waals surface area contributed by atoms with Gasteiger partial charge in [-0.3, -0.25) is 4.79 Å². The number of hydrogen-bond donors (Lipinski definition) is 4. The van der Waals surface area contributed by atoms with Gasteiger partial charge in [0.2, 0.25) is 0 Å². The second-order valence-corrected chi connectivity index (χ2v) is 5.96. The van der Waals surface area contributed by atoms with Gasteiger partial charge in [0.1, 0.15) is 12.7 Å². The summed E-state index contributed by atoms with van der Waals surface area (Å²) in [5, 5.41) is 22.3. The zero-order valence-electron chi connectivity index (χ0n) is 14.6. The third-order valence-corrected chi connectivity index (χ3v) is 3.86. The minimum Gasteiger partial charge on any atom is -0.445 e. The van der Waals surface area contributed by atoms with Gasteiger partial charge in [-0.2, -0.15) is 13.2 Å². The quantitative estimate of drug-likeness (QED) is 0.569. The monoisotopic (exact) mass is 400 g/mol. The van der Waals surface area contributed by atoms with Crippen LogP contribution in [-0.4, -0.2) is 33.9 Å². The molecule has 0 radical (unpaired) electrons. The summed E-state index contributed by atoms with van der Waals surface area (Å²) in [5.41, 5.74) is -1.95. The fraction of sp³-hybridized carbons (Fsp3) is 0.333. The number of aliphatic hydroxyl groups excluding tert-OH is 2. The number of hydrogen-bond acceptors (Lipinski definition) is 5. The van der Waals surface area contributed by atoms with E-state index >= 15 is 0 Å². The maximum Gasteiger partial charge on any atom is 0.417 e. The van der Waals surface area contributed by atoms with Gasteiger partial charge in [-0.25, -0.2) is 4.79 Å². The molecular weight excluding hydrogens is 381 g/mol. The Morgan fingerprint density at radius 3 is 2.54 bits per heavy atom.